The maximum atomic E-state index is 13.9. The molecule has 0 amide bonds. The Morgan fingerprint density at radius 1 is 1.22 bits per heavy atom. The van der Waals surface area contributed by atoms with Crippen LogP contribution in [-0.4, -0.2) is 10.1 Å². The highest BCUT2D eigenvalue weighted by atomic mass is 19.1. The number of hydrogen-bond acceptors (Lipinski definition) is 2. The summed E-state index contributed by atoms with van der Waals surface area (Å²) in [4.78, 5) is 4.17. The van der Waals surface area contributed by atoms with E-state index >= 15 is 0 Å². The monoisotopic (exact) mass is 245 g/mol. The van der Waals surface area contributed by atoms with Gasteiger partial charge in [0.15, 0.2) is 0 Å². The molecule has 0 radical (unpaired) electrons. The summed E-state index contributed by atoms with van der Waals surface area (Å²) in [6.07, 6.45) is 1.99. The van der Waals surface area contributed by atoms with Crippen LogP contribution in [0.1, 0.15) is 30.2 Å². The van der Waals surface area contributed by atoms with Gasteiger partial charge in [0.25, 0.3) is 0 Å². The number of benzene rings is 1. The number of hydrogen-bond donors (Lipinski definition) is 1. The Bertz CT molecular complexity index is 538. The lowest BCUT2D eigenvalue weighted by Gasteiger charge is -2.28. The van der Waals surface area contributed by atoms with Crippen molar-refractivity contribution in [3.05, 3.63) is 65.2 Å². The summed E-state index contributed by atoms with van der Waals surface area (Å²) < 4.78 is 13.9. The second-order valence-electron chi connectivity index (χ2n) is 4.38. The fourth-order valence-electron chi connectivity index (χ4n) is 2.06. The minimum atomic E-state index is -1.33. The van der Waals surface area contributed by atoms with Crippen LogP contribution in [0.5, 0.6) is 0 Å². The van der Waals surface area contributed by atoms with Gasteiger partial charge in [-0.1, -0.05) is 31.2 Å². The highest BCUT2D eigenvalue weighted by molar-refractivity contribution is 5.35. The average molecular weight is 245 g/mol. The van der Waals surface area contributed by atoms with Crippen molar-refractivity contribution in [3.8, 4) is 0 Å². The van der Waals surface area contributed by atoms with Crippen LogP contribution < -0.4 is 0 Å². The first-order valence-electron chi connectivity index (χ1n) is 5.98. The van der Waals surface area contributed by atoms with Gasteiger partial charge in [0.05, 0.1) is 0 Å². The van der Waals surface area contributed by atoms with Gasteiger partial charge in [-0.25, -0.2) is 4.39 Å². The lowest BCUT2D eigenvalue weighted by Crippen LogP contribution is -2.27. The van der Waals surface area contributed by atoms with Gasteiger partial charge in [0.2, 0.25) is 0 Å². The number of pyridine rings is 1. The van der Waals surface area contributed by atoms with Crippen molar-refractivity contribution >= 4 is 0 Å². The smallest absolute Gasteiger partial charge is 0.129 e. The second kappa shape index (κ2) is 4.86. The standard InChI is InChI=1S/C15H16FNO/c1-3-15(18,12-9-8-11(2)17-10-12)13-6-4-5-7-14(13)16/h4-10,18H,3H2,1-2H3. The summed E-state index contributed by atoms with van der Waals surface area (Å²) in [5.74, 6) is -0.401. The average Bonchev–Trinajstić information content (AvgIpc) is 2.39. The zero-order valence-corrected chi connectivity index (χ0v) is 10.5. The van der Waals surface area contributed by atoms with Crippen LogP contribution in [0.4, 0.5) is 4.39 Å². The molecule has 0 saturated heterocycles. The Labute approximate surface area is 106 Å². The van der Waals surface area contributed by atoms with Gasteiger partial charge < -0.3 is 5.11 Å². The summed E-state index contributed by atoms with van der Waals surface area (Å²) in [6, 6.07) is 9.91. The quantitative estimate of drug-likeness (QED) is 0.901. The summed E-state index contributed by atoms with van der Waals surface area (Å²) in [5.41, 5.74) is 0.441. The molecule has 0 aliphatic rings. The Balaban J connectivity index is 2.55. The second-order valence-corrected chi connectivity index (χ2v) is 4.38. The Kier molecular flexibility index (Phi) is 3.43. The first kappa shape index (κ1) is 12.7. The van der Waals surface area contributed by atoms with Crippen LogP contribution in [-0.2, 0) is 5.60 Å². The molecule has 1 aromatic heterocycles. The molecular weight excluding hydrogens is 229 g/mol. The number of aromatic nitrogens is 1. The molecule has 1 unspecified atom stereocenters. The van der Waals surface area contributed by atoms with Crippen molar-refractivity contribution in [2.45, 2.75) is 25.9 Å². The maximum Gasteiger partial charge on any atom is 0.129 e. The van der Waals surface area contributed by atoms with Gasteiger partial charge in [-0.2, -0.15) is 0 Å². The molecule has 0 saturated carbocycles. The SMILES string of the molecule is CCC(O)(c1ccc(C)nc1)c1ccccc1F. The first-order valence-corrected chi connectivity index (χ1v) is 5.98. The van der Waals surface area contributed by atoms with Crippen molar-refractivity contribution < 1.29 is 9.50 Å². The lowest BCUT2D eigenvalue weighted by atomic mass is 9.84. The summed E-state index contributed by atoms with van der Waals surface area (Å²) in [6.45, 7) is 3.70. The van der Waals surface area contributed by atoms with Crippen LogP contribution in [0, 0.1) is 12.7 Å². The molecule has 0 bridgehead atoms. The highest BCUT2D eigenvalue weighted by Crippen LogP contribution is 2.33. The summed E-state index contributed by atoms with van der Waals surface area (Å²) in [7, 11) is 0. The van der Waals surface area contributed by atoms with Crippen LogP contribution in [0.2, 0.25) is 0 Å². The molecule has 0 aliphatic heterocycles. The van der Waals surface area contributed by atoms with Crippen molar-refractivity contribution in [3.63, 3.8) is 0 Å². The van der Waals surface area contributed by atoms with Gasteiger partial charge in [0, 0.05) is 23.0 Å². The molecule has 94 valence electrons. The number of nitrogens with zero attached hydrogens (tertiary/aromatic N) is 1. The van der Waals surface area contributed by atoms with E-state index in [4.69, 9.17) is 0 Å². The molecule has 0 spiro atoms. The Hall–Kier alpha value is -1.74. The van der Waals surface area contributed by atoms with E-state index in [0.29, 0.717) is 12.0 Å². The third-order valence-corrected chi connectivity index (χ3v) is 3.22. The van der Waals surface area contributed by atoms with Gasteiger partial charge in [-0.05, 0) is 25.5 Å². The zero-order chi connectivity index (χ0) is 13.2. The largest absolute Gasteiger partial charge is 0.380 e. The summed E-state index contributed by atoms with van der Waals surface area (Å²) in [5, 5.41) is 10.8. The number of aliphatic hydroxyl groups is 1. The van der Waals surface area contributed by atoms with Crippen molar-refractivity contribution in [1.29, 1.82) is 0 Å². The molecule has 1 aromatic carbocycles. The molecule has 2 nitrogen and oxygen atoms in total. The van der Waals surface area contributed by atoms with E-state index in [1.807, 2.05) is 19.9 Å². The predicted molar refractivity (Wildman–Crippen MR) is 68.7 cm³/mol. The Morgan fingerprint density at radius 2 is 1.94 bits per heavy atom. The molecule has 0 fully saturated rings. The minimum absolute atomic E-state index is 0.290. The van der Waals surface area contributed by atoms with Gasteiger partial charge in [-0.15, -0.1) is 0 Å². The number of aryl methyl sites for hydroxylation is 1. The fourth-order valence-corrected chi connectivity index (χ4v) is 2.06. The highest BCUT2D eigenvalue weighted by Gasteiger charge is 2.32. The molecule has 18 heavy (non-hydrogen) atoms. The van der Waals surface area contributed by atoms with E-state index in [0.717, 1.165) is 5.69 Å². The van der Waals surface area contributed by atoms with Gasteiger partial charge in [-0.3, -0.25) is 4.98 Å². The van der Waals surface area contributed by atoms with Crippen LogP contribution >= 0.6 is 0 Å². The Morgan fingerprint density at radius 3 is 2.50 bits per heavy atom. The molecular formula is C15H16FNO. The fraction of sp³-hybridized carbons (Fsp3) is 0.267. The molecule has 0 aliphatic carbocycles. The normalized spacial score (nSPS) is 14.2. The van der Waals surface area contributed by atoms with E-state index in [1.165, 1.54) is 6.07 Å². The van der Waals surface area contributed by atoms with E-state index < -0.39 is 11.4 Å². The topological polar surface area (TPSA) is 33.1 Å². The van der Waals surface area contributed by atoms with Crippen molar-refractivity contribution in [2.75, 3.05) is 0 Å². The summed E-state index contributed by atoms with van der Waals surface area (Å²) >= 11 is 0. The van der Waals surface area contributed by atoms with Crippen molar-refractivity contribution in [1.82, 2.24) is 4.98 Å². The van der Waals surface area contributed by atoms with Crippen LogP contribution in [0.15, 0.2) is 42.6 Å². The predicted octanol–water partition coefficient (Wildman–Crippen LogP) is 3.18. The molecule has 2 aromatic rings. The third-order valence-electron chi connectivity index (χ3n) is 3.22. The number of halogens is 1. The van der Waals surface area contributed by atoms with Crippen molar-refractivity contribution in [2.24, 2.45) is 0 Å². The molecule has 3 heteroatoms. The van der Waals surface area contributed by atoms with Crippen LogP contribution in [0.25, 0.3) is 0 Å². The maximum absolute atomic E-state index is 13.9. The molecule has 1 atom stereocenters. The first-order chi connectivity index (χ1) is 8.58. The lowest BCUT2D eigenvalue weighted by molar-refractivity contribution is 0.0722. The molecule has 1 N–H and O–H groups in total. The zero-order valence-electron chi connectivity index (χ0n) is 10.5. The number of rotatable bonds is 3. The van der Waals surface area contributed by atoms with Gasteiger partial charge >= 0.3 is 0 Å². The van der Waals surface area contributed by atoms with Gasteiger partial charge in [0.1, 0.15) is 11.4 Å². The third kappa shape index (κ3) is 2.14. The molecule has 1 heterocycles. The van der Waals surface area contributed by atoms with E-state index in [2.05, 4.69) is 4.98 Å². The molecule has 2 rings (SSSR count). The van der Waals surface area contributed by atoms with E-state index in [-0.39, 0.29) is 5.56 Å². The van der Waals surface area contributed by atoms with E-state index in [1.54, 1.807) is 30.5 Å². The van der Waals surface area contributed by atoms with E-state index in [9.17, 15) is 9.50 Å². The minimum Gasteiger partial charge on any atom is -0.380 e. The van der Waals surface area contributed by atoms with Crippen LogP contribution in [0.3, 0.4) is 0 Å².